The van der Waals surface area contributed by atoms with Gasteiger partial charge >= 0.3 is 6.03 Å². The predicted molar refractivity (Wildman–Crippen MR) is 114 cm³/mol. The van der Waals surface area contributed by atoms with Gasteiger partial charge in [0.2, 0.25) is 5.91 Å². The molecular weight excluding hydrogens is 372 g/mol. The van der Waals surface area contributed by atoms with Gasteiger partial charge in [0.05, 0.1) is 5.69 Å². The van der Waals surface area contributed by atoms with Gasteiger partial charge in [-0.2, -0.15) is 0 Å². The summed E-state index contributed by atoms with van der Waals surface area (Å²) in [5.41, 5.74) is 4.31. The Morgan fingerprint density at radius 1 is 1.18 bits per heavy atom. The van der Waals surface area contributed by atoms with Crippen molar-refractivity contribution in [3.63, 3.8) is 0 Å². The number of benzene rings is 1. The van der Waals surface area contributed by atoms with Crippen LogP contribution in [0.4, 0.5) is 9.93 Å². The molecule has 1 aliphatic carbocycles. The van der Waals surface area contributed by atoms with Gasteiger partial charge < -0.3 is 16.0 Å². The van der Waals surface area contributed by atoms with Crippen LogP contribution < -0.4 is 16.0 Å². The zero-order valence-electron chi connectivity index (χ0n) is 16.5. The van der Waals surface area contributed by atoms with E-state index in [1.54, 1.807) is 0 Å². The first-order chi connectivity index (χ1) is 13.5. The van der Waals surface area contributed by atoms with Crippen molar-refractivity contribution >= 4 is 28.4 Å². The van der Waals surface area contributed by atoms with Gasteiger partial charge in [-0.3, -0.25) is 4.79 Å². The van der Waals surface area contributed by atoms with Gasteiger partial charge in [-0.15, -0.1) is 11.3 Å². The Morgan fingerprint density at radius 2 is 1.96 bits per heavy atom. The predicted octanol–water partition coefficient (Wildman–Crippen LogP) is 4.39. The number of hydrogen-bond donors (Lipinski definition) is 3. The van der Waals surface area contributed by atoms with Crippen LogP contribution in [-0.4, -0.2) is 29.5 Å². The van der Waals surface area contributed by atoms with Crippen LogP contribution in [0.2, 0.25) is 0 Å². The Morgan fingerprint density at radius 3 is 2.71 bits per heavy atom. The van der Waals surface area contributed by atoms with Crippen LogP contribution >= 0.6 is 11.3 Å². The van der Waals surface area contributed by atoms with Crippen molar-refractivity contribution in [2.75, 3.05) is 11.9 Å². The lowest BCUT2D eigenvalue weighted by molar-refractivity contribution is -0.116. The highest BCUT2D eigenvalue weighted by Crippen LogP contribution is 2.28. The Balaban J connectivity index is 1.42. The molecule has 3 rings (SSSR count). The van der Waals surface area contributed by atoms with E-state index in [0.717, 1.165) is 29.7 Å². The Labute approximate surface area is 170 Å². The van der Waals surface area contributed by atoms with Gasteiger partial charge in [-0.05, 0) is 32.3 Å². The molecule has 1 heterocycles. The second kappa shape index (κ2) is 9.68. The van der Waals surface area contributed by atoms with Crippen molar-refractivity contribution in [1.29, 1.82) is 0 Å². The lowest BCUT2D eigenvalue weighted by atomic mass is 9.96. The summed E-state index contributed by atoms with van der Waals surface area (Å²) in [4.78, 5) is 28.5. The standard InChI is InChI=1S/C21H28N4O2S/c1-14-8-9-17(15(2)12-14)18-13-28-21(24-18)25-19(26)10-11-22-20(27)23-16-6-4-3-5-7-16/h8-9,12-13,16H,3-7,10-11H2,1-2H3,(H2,22,23,27)(H,24,25,26). The summed E-state index contributed by atoms with van der Waals surface area (Å²) in [6.45, 7) is 4.43. The van der Waals surface area contributed by atoms with Gasteiger partial charge in [0.15, 0.2) is 5.13 Å². The third kappa shape index (κ3) is 5.79. The molecular formula is C21H28N4O2S. The number of carbonyl (C=O) groups excluding carboxylic acids is 2. The molecule has 7 heteroatoms. The first kappa shape index (κ1) is 20.3. The monoisotopic (exact) mass is 400 g/mol. The largest absolute Gasteiger partial charge is 0.338 e. The number of nitrogens with zero attached hydrogens (tertiary/aromatic N) is 1. The van der Waals surface area contributed by atoms with E-state index >= 15 is 0 Å². The maximum absolute atomic E-state index is 12.1. The number of thiazole rings is 1. The van der Waals surface area contributed by atoms with E-state index in [1.165, 1.54) is 36.2 Å². The molecule has 1 fully saturated rings. The number of carbonyl (C=O) groups is 2. The van der Waals surface area contributed by atoms with E-state index < -0.39 is 0 Å². The zero-order chi connectivity index (χ0) is 19.9. The van der Waals surface area contributed by atoms with Crippen LogP contribution in [0.5, 0.6) is 0 Å². The van der Waals surface area contributed by atoms with E-state index in [9.17, 15) is 9.59 Å². The highest BCUT2D eigenvalue weighted by Gasteiger charge is 2.15. The molecule has 0 bridgehead atoms. The molecule has 0 aliphatic heterocycles. The number of nitrogens with one attached hydrogen (secondary N) is 3. The number of aryl methyl sites for hydroxylation is 2. The average Bonchev–Trinajstić information content (AvgIpc) is 3.10. The number of hydrogen-bond acceptors (Lipinski definition) is 4. The van der Waals surface area contributed by atoms with E-state index in [4.69, 9.17) is 0 Å². The van der Waals surface area contributed by atoms with E-state index in [1.807, 2.05) is 5.38 Å². The summed E-state index contributed by atoms with van der Waals surface area (Å²) in [6.07, 6.45) is 5.90. The third-order valence-corrected chi connectivity index (χ3v) is 5.74. The smallest absolute Gasteiger partial charge is 0.315 e. The van der Waals surface area contributed by atoms with Crippen molar-refractivity contribution in [2.45, 2.75) is 58.4 Å². The lowest BCUT2D eigenvalue weighted by Crippen LogP contribution is -2.43. The minimum Gasteiger partial charge on any atom is -0.338 e. The number of amides is 3. The quantitative estimate of drug-likeness (QED) is 0.672. The summed E-state index contributed by atoms with van der Waals surface area (Å²) in [5.74, 6) is -0.153. The maximum atomic E-state index is 12.1. The minimum absolute atomic E-state index is 0.153. The van der Waals surface area contributed by atoms with Crippen LogP contribution in [0.3, 0.4) is 0 Å². The maximum Gasteiger partial charge on any atom is 0.315 e. The molecule has 6 nitrogen and oxygen atoms in total. The molecule has 150 valence electrons. The SMILES string of the molecule is Cc1ccc(-c2csc(NC(=O)CCNC(=O)NC3CCCCC3)n2)c(C)c1. The number of anilines is 1. The van der Waals surface area contributed by atoms with Crippen molar-refractivity contribution in [3.8, 4) is 11.3 Å². The molecule has 2 aromatic rings. The van der Waals surface area contributed by atoms with Crippen molar-refractivity contribution in [3.05, 3.63) is 34.7 Å². The Kier molecular flexibility index (Phi) is 7.03. The lowest BCUT2D eigenvalue weighted by Gasteiger charge is -2.22. The molecule has 0 atom stereocenters. The number of urea groups is 1. The second-order valence-electron chi connectivity index (χ2n) is 7.39. The molecule has 0 spiro atoms. The highest BCUT2D eigenvalue weighted by molar-refractivity contribution is 7.14. The van der Waals surface area contributed by atoms with E-state index in [2.05, 4.69) is 53.0 Å². The van der Waals surface area contributed by atoms with Crippen LogP contribution in [0.15, 0.2) is 23.6 Å². The van der Waals surface area contributed by atoms with E-state index in [0.29, 0.717) is 11.7 Å². The summed E-state index contributed by atoms with van der Waals surface area (Å²) in [7, 11) is 0. The summed E-state index contributed by atoms with van der Waals surface area (Å²) >= 11 is 1.41. The van der Waals surface area contributed by atoms with Gasteiger partial charge in [0, 0.05) is 30.0 Å². The van der Waals surface area contributed by atoms with Crippen LogP contribution in [0.25, 0.3) is 11.3 Å². The third-order valence-electron chi connectivity index (χ3n) is 4.99. The molecule has 1 saturated carbocycles. The summed E-state index contributed by atoms with van der Waals surface area (Å²) in [5, 5.41) is 11.1. The Hall–Kier alpha value is -2.41. The Bertz CT molecular complexity index is 828. The van der Waals surface area contributed by atoms with E-state index in [-0.39, 0.29) is 24.4 Å². The normalized spacial score (nSPS) is 14.5. The van der Waals surface area contributed by atoms with Gasteiger partial charge in [-0.25, -0.2) is 9.78 Å². The molecule has 0 unspecified atom stereocenters. The fourth-order valence-corrected chi connectivity index (χ4v) is 4.24. The summed E-state index contributed by atoms with van der Waals surface area (Å²) in [6, 6.07) is 6.31. The molecule has 0 radical (unpaired) electrons. The molecule has 28 heavy (non-hydrogen) atoms. The molecule has 3 N–H and O–H groups in total. The van der Waals surface area contributed by atoms with Gasteiger partial charge in [-0.1, -0.05) is 43.0 Å². The first-order valence-corrected chi connectivity index (χ1v) is 10.8. The van der Waals surface area contributed by atoms with Crippen LogP contribution in [0.1, 0.15) is 49.7 Å². The highest BCUT2D eigenvalue weighted by atomic mass is 32.1. The van der Waals surface area contributed by atoms with Crippen LogP contribution in [0, 0.1) is 13.8 Å². The molecule has 0 saturated heterocycles. The first-order valence-electron chi connectivity index (χ1n) is 9.88. The average molecular weight is 401 g/mol. The molecule has 1 aliphatic rings. The van der Waals surface area contributed by atoms with Crippen molar-refractivity contribution in [2.24, 2.45) is 0 Å². The molecule has 3 amide bonds. The van der Waals surface area contributed by atoms with Crippen molar-refractivity contribution in [1.82, 2.24) is 15.6 Å². The fraction of sp³-hybridized carbons (Fsp3) is 0.476. The number of rotatable bonds is 6. The minimum atomic E-state index is -0.189. The van der Waals surface area contributed by atoms with Crippen molar-refractivity contribution < 1.29 is 9.59 Å². The zero-order valence-corrected chi connectivity index (χ0v) is 17.3. The number of aromatic nitrogens is 1. The van der Waals surface area contributed by atoms with Gasteiger partial charge in [0.25, 0.3) is 0 Å². The summed E-state index contributed by atoms with van der Waals surface area (Å²) < 4.78 is 0. The van der Waals surface area contributed by atoms with Crippen LogP contribution in [-0.2, 0) is 4.79 Å². The second-order valence-corrected chi connectivity index (χ2v) is 8.25. The molecule has 1 aromatic carbocycles. The fourth-order valence-electron chi connectivity index (χ4n) is 3.51. The van der Waals surface area contributed by atoms with Gasteiger partial charge in [0.1, 0.15) is 0 Å². The topological polar surface area (TPSA) is 83.1 Å². The molecule has 1 aromatic heterocycles.